The number of benzene rings is 3. The molecule has 3 nitrogen and oxygen atoms in total. The van der Waals surface area contributed by atoms with Gasteiger partial charge in [-0.15, -0.1) is 0 Å². The van der Waals surface area contributed by atoms with Crippen LogP contribution in [-0.4, -0.2) is 10.9 Å². The van der Waals surface area contributed by atoms with E-state index in [0.29, 0.717) is 6.42 Å². The number of nitrogens with zero attached hydrogens (tertiary/aromatic N) is 1. The Morgan fingerprint density at radius 2 is 1.58 bits per heavy atom. The smallest absolute Gasteiger partial charge is 0.228 e. The molecule has 0 spiro atoms. The Morgan fingerprint density at radius 3 is 2.38 bits per heavy atom. The number of hydrogen-bond donors (Lipinski definition) is 1. The first-order valence-electron chi connectivity index (χ1n) is 8.56. The molecule has 0 radical (unpaired) electrons. The van der Waals surface area contributed by atoms with E-state index < -0.39 is 0 Å². The van der Waals surface area contributed by atoms with Crippen LogP contribution in [0.2, 0.25) is 0 Å². The van der Waals surface area contributed by atoms with E-state index >= 15 is 0 Å². The van der Waals surface area contributed by atoms with Gasteiger partial charge in [0.05, 0.1) is 6.42 Å². The van der Waals surface area contributed by atoms with Gasteiger partial charge in [-0.25, -0.2) is 0 Å². The number of carbonyl (C=O) groups is 1. The van der Waals surface area contributed by atoms with E-state index in [4.69, 9.17) is 0 Å². The highest BCUT2D eigenvalue weighted by atomic mass is 16.1. The second-order valence-electron chi connectivity index (χ2n) is 6.19. The minimum atomic E-state index is -0.0261. The lowest BCUT2D eigenvalue weighted by Crippen LogP contribution is -2.14. The number of rotatable bonds is 4. The second-order valence-corrected chi connectivity index (χ2v) is 6.19. The fraction of sp³-hybridized carbons (Fsp3) is 0.0435. The molecule has 0 atom stereocenters. The van der Waals surface area contributed by atoms with Crippen LogP contribution in [0.4, 0.5) is 5.69 Å². The molecule has 0 saturated heterocycles. The van der Waals surface area contributed by atoms with Gasteiger partial charge in [0.1, 0.15) is 0 Å². The van der Waals surface area contributed by atoms with Crippen molar-refractivity contribution in [3.63, 3.8) is 0 Å². The van der Waals surface area contributed by atoms with Crippen LogP contribution in [0.15, 0.2) is 91.3 Å². The van der Waals surface area contributed by atoms with E-state index in [1.165, 1.54) is 5.56 Å². The third-order valence-corrected chi connectivity index (χ3v) is 4.38. The lowest BCUT2D eigenvalue weighted by atomic mass is 10.0. The zero-order chi connectivity index (χ0) is 17.8. The Hall–Kier alpha value is -3.46. The summed E-state index contributed by atoms with van der Waals surface area (Å²) in [6, 6.07) is 26.1. The van der Waals surface area contributed by atoms with Gasteiger partial charge in [-0.05, 0) is 28.8 Å². The van der Waals surface area contributed by atoms with Gasteiger partial charge in [-0.2, -0.15) is 0 Å². The lowest BCUT2D eigenvalue weighted by molar-refractivity contribution is -0.115. The van der Waals surface area contributed by atoms with Gasteiger partial charge in [0.2, 0.25) is 5.91 Å². The van der Waals surface area contributed by atoms with Crippen LogP contribution in [0, 0.1) is 0 Å². The number of nitrogens with one attached hydrogen (secondary N) is 1. The minimum Gasteiger partial charge on any atom is -0.325 e. The Bertz CT molecular complexity index is 1040. The number of aromatic nitrogens is 1. The Balaban J connectivity index is 1.48. The van der Waals surface area contributed by atoms with Crippen LogP contribution in [0.5, 0.6) is 0 Å². The summed E-state index contributed by atoms with van der Waals surface area (Å²) in [7, 11) is 0. The van der Waals surface area contributed by atoms with E-state index in [0.717, 1.165) is 27.6 Å². The summed E-state index contributed by atoms with van der Waals surface area (Å²) in [5.74, 6) is -0.0261. The second kappa shape index (κ2) is 7.19. The van der Waals surface area contributed by atoms with E-state index in [9.17, 15) is 4.79 Å². The van der Waals surface area contributed by atoms with Crippen molar-refractivity contribution < 1.29 is 4.79 Å². The molecule has 4 aromatic rings. The quantitative estimate of drug-likeness (QED) is 0.563. The Labute approximate surface area is 152 Å². The molecule has 0 fully saturated rings. The molecule has 4 rings (SSSR count). The fourth-order valence-corrected chi connectivity index (χ4v) is 3.06. The molecule has 1 amide bonds. The molecule has 1 heterocycles. The van der Waals surface area contributed by atoms with Crippen molar-refractivity contribution in [3.05, 3.63) is 96.8 Å². The molecule has 3 aromatic carbocycles. The maximum absolute atomic E-state index is 12.5. The molecule has 0 aliphatic carbocycles. The largest absolute Gasteiger partial charge is 0.325 e. The predicted molar refractivity (Wildman–Crippen MR) is 106 cm³/mol. The molecule has 1 N–H and O–H groups in total. The molecule has 26 heavy (non-hydrogen) atoms. The monoisotopic (exact) mass is 338 g/mol. The average Bonchev–Trinajstić information content (AvgIpc) is 2.69. The van der Waals surface area contributed by atoms with Crippen molar-refractivity contribution in [1.29, 1.82) is 0 Å². The summed E-state index contributed by atoms with van der Waals surface area (Å²) in [6.07, 6.45) is 3.88. The van der Waals surface area contributed by atoms with Crippen molar-refractivity contribution in [1.82, 2.24) is 4.98 Å². The van der Waals surface area contributed by atoms with Crippen molar-refractivity contribution >= 4 is 22.4 Å². The van der Waals surface area contributed by atoms with Gasteiger partial charge in [-0.3, -0.25) is 9.78 Å². The predicted octanol–water partition coefficient (Wildman–Crippen LogP) is 5.08. The van der Waals surface area contributed by atoms with Gasteiger partial charge < -0.3 is 5.32 Å². The highest BCUT2D eigenvalue weighted by Crippen LogP contribution is 2.23. The van der Waals surface area contributed by atoms with Crippen LogP contribution < -0.4 is 5.32 Å². The van der Waals surface area contributed by atoms with Crippen molar-refractivity contribution in [2.45, 2.75) is 6.42 Å². The van der Waals surface area contributed by atoms with E-state index in [-0.39, 0.29) is 5.91 Å². The van der Waals surface area contributed by atoms with Crippen LogP contribution in [0.3, 0.4) is 0 Å². The van der Waals surface area contributed by atoms with Crippen molar-refractivity contribution in [2.24, 2.45) is 0 Å². The molecule has 1 aromatic heterocycles. The highest BCUT2D eigenvalue weighted by molar-refractivity contribution is 6.02. The Morgan fingerprint density at radius 1 is 0.808 bits per heavy atom. The van der Waals surface area contributed by atoms with Crippen LogP contribution >= 0.6 is 0 Å². The summed E-state index contributed by atoms with van der Waals surface area (Å²) in [4.78, 5) is 16.6. The first kappa shape index (κ1) is 16.0. The maximum atomic E-state index is 12.5. The van der Waals surface area contributed by atoms with Crippen LogP contribution in [0.25, 0.3) is 21.9 Å². The summed E-state index contributed by atoms with van der Waals surface area (Å²) >= 11 is 0. The van der Waals surface area contributed by atoms with Crippen LogP contribution in [0.1, 0.15) is 5.56 Å². The molecule has 126 valence electrons. The molecule has 0 aliphatic rings. The van der Waals surface area contributed by atoms with E-state index in [1.807, 2.05) is 54.6 Å². The first-order valence-corrected chi connectivity index (χ1v) is 8.56. The minimum absolute atomic E-state index is 0.0261. The zero-order valence-corrected chi connectivity index (χ0v) is 14.2. The van der Waals surface area contributed by atoms with Gasteiger partial charge in [0, 0.05) is 28.9 Å². The zero-order valence-electron chi connectivity index (χ0n) is 14.2. The molecular weight excluding hydrogens is 320 g/mol. The maximum Gasteiger partial charge on any atom is 0.228 e. The standard InChI is InChI=1S/C23H18N2O/c26-23(25-22-8-4-7-20-16-24-14-13-21(20)22)15-17-9-11-19(12-10-17)18-5-2-1-3-6-18/h1-14,16H,15H2,(H,25,26). The number of fused-ring (bicyclic) bond motifs is 1. The topological polar surface area (TPSA) is 42.0 Å². The third kappa shape index (κ3) is 3.47. The van der Waals surface area contributed by atoms with Crippen LogP contribution in [-0.2, 0) is 11.2 Å². The van der Waals surface area contributed by atoms with Gasteiger partial charge in [-0.1, -0.05) is 66.7 Å². The molecule has 0 bridgehead atoms. The average molecular weight is 338 g/mol. The summed E-state index contributed by atoms with van der Waals surface area (Å²) < 4.78 is 0. The molecule has 0 unspecified atom stereocenters. The summed E-state index contributed by atoms with van der Waals surface area (Å²) in [5, 5.41) is 5.02. The molecule has 3 heteroatoms. The van der Waals surface area contributed by atoms with E-state index in [2.05, 4.69) is 34.6 Å². The fourth-order valence-electron chi connectivity index (χ4n) is 3.06. The summed E-state index contributed by atoms with van der Waals surface area (Å²) in [5.41, 5.74) is 4.13. The van der Waals surface area contributed by atoms with Crippen molar-refractivity contribution in [3.8, 4) is 11.1 Å². The highest BCUT2D eigenvalue weighted by Gasteiger charge is 2.07. The van der Waals surface area contributed by atoms with Gasteiger partial charge in [0.15, 0.2) is 0 Å². The SMILES string of the molecule is O=C(Cc1ccc(-c2ccccc2)cc1)Nc1cccc2cnccc12. The molecule has 0 aliphatic heterocycles. The normalized spacial score (nSPS) is 10.6. The number of anilines is 1. The number of pyridine rings is 1. The number of hydrogen-bond acceptors (Lipinski definition) is 2. The third-order valence-electron chi connectivity index (χ3n) is 4.38. The van der Waals surface area contributed by atoms with Gasteiger partial charge in [0.25, 0.3) is 0 Å². The number of amides is 1. The summed E-state index contributed by atoms with van der Waals surface area (Å²) in [6.45, 7) is 0. The van der Waals surface area contributed by atoms with Crippen molar-refractivity contribution in [2.75, 3.05) is 5.32 Å². The Kier molecular flexibility index (Phi) is 4.44. The lowest BCUT2D eigenvalue weighted by Gasteiger charge is -2.09. The molecule has 0 saturated carbocycles. The number of carbonyl (C=O) groups excluding carboxylic acids is 1. The molecular formula is C23H18N2O. The van der Waals surface area contributed by atoms with E-state index in [1.54, 1.807) is 12.4 Å². The van der Waals surface area contributed by atoms with Gasteiger partial charge >= 0.3 is 0 Å². The first-order chi connectivity index (χ1) is 12.8.